The molecule has 0 fully saturated rings. The van der Waals surface area contributed by atoms with Crippen molar-refractivity contribution in [1.82, 2.24) is 4.72 Å². The van der Waals surface area contributed by atoms with Crippen LogP contribution in [0.1, 0.15) is 34.6 Å². The van der Waals surface area contributed by atoms with E-state index in [4.69, 9.17) is 10.7 Å². The van der Waals surface area contributed by atoms with Gasteiger partial charge in [0.1, 0.15) is 0 Å². The maximum Gasteiger partial charge on any atom is 0.297 e. The minimum absolute atomic E-state index is 0.172. The van der Waals surface area contributed by atoms with Crippen molar-refractivity contribution in [3.05, 3.63) is 0 Å². The van der Waals surface area contributed by atoms with Crippen molar-refractivity contribution in [3.8, 4) is 0 Å². The molecule has 0 aliphatic rings. The Morgan fingerprint density at radius 1 is 1.08 bits per heavy atom. The lowest BCUT2D eigenvalue weighted by Crippen LogP contribution is -2.51. The van der Waals surface area contributed by atoms with Crippen LogP contribution >= 0.6 is 10.7 Å². The molecule has 74 valence electrons. The molecule has 1 N–H and O–H groups in total. The van der Waals surface area contributed by atoms with Crippen LogP contribution in [-0.4, -0.2) is 14.0 Å². The Morgan fingerprint density at radius 2 is 1.42 bits per heavy atom. The summed E-state index contributed by atoms with van der Waals surface area (Å²) in [7, 11) is 1.44. The number of nitrogens with one attached hydrogen (secondary N) is 1. The van der Waals surface area contributed by atoms with Gasteiger partial charge in [-0.25, -0.2) is 0 Å². The zero-order valence-electron chi connectivity index (χ0n) is 8.10. The number of hydrogen-bond acceptors (Lipinski definition) is 2. The SMILES string of the molecule is CC(C)(C)C(C)(C)NS(=O)(=O)Cl. The summed E-state index contributed by atoms with van der Waals surface area (Å²) in [5.41, 5.74) is -0.720. The molecule has 0 saturated carbocycles. The lowest BCUT2D eigenvalue weighted by Gasteiger charge is -2.38. The number of halogens is 1. The van der Waals surface area contributed by atoms with E-state index in [-0.39, 0.29) is 5.41 Å². The van der Waals surface area contributed by atoms with Crippen LogP contribution in [0.2, 0.25) is 0 Å². The van der Waals surface area contributed by atoms with Crippen LogP contribution in [0.15, 0.2) is 0 Å². The first-order chi connectivity index (χ1) is 4.96. The normalized spacial score (nSPS) is 14.8. The minimum atomic E-state index is -3.64. The van der Waals surface area contributed by atoms with Gasteiger partial charge in [-0.15, -0.1) is 0 Å². The second-order valence-corrected chi connectivity index (χ2v) is 6.71. The van der Waals surface area contributed by atoms with Crippen LogP contribution in [-0.2, 0) is 9.24 Å². The van der Waals surface area contributed by atoms with Gasteiger partial charge in [-0.3, -0.25) is 0 Å². The molecule has 0 rings (SSSR count). The zero-order chi connectivity index (χ0) is 10.2. The van der Waals surface area contributed by atoms with E-state index in [0.717, 1.165) is 0 Å². The van der Waals surface area contributed by atoms with Crippen molar-refractivity contribution >= 4 is 19.9 Å². The molecule has 0 amide bonds. The quantitative estimate of drug-likeness (QED) is 0.713. The summed E-state index contributed by atoms with van der Waals surface area (Å²) < 4.78 is 23.9. The third-order valence-electron chi connectivity index (χ3n) is 2.25. The molecular weight excluding hydrogens is 198 g/mol. The van der Waals surface area contributed by atoms with Gasteiger partial charge in [0, 0.05) is 16.2 Å². The largest absolute Gasteiger partial charge is 0.297 e. The predicted molar refractivity (Wildman–Crippen MR) is 51.4 cm³/mol. The Morgan fingerprint density at radius 3 is 1.50 bits per heavy atom. The molecule has 0 spiro atoms. The van der Waals surface area contributed by atoms with Gasteiger partial charge in [0.2, 0.25) is 0 Å². The fourth-order valence-electron chi connectivity index (χ4n) is 0.458. The first-order valence-electron chi connectivity index (χ1n) is 3.69. The van der Waals surface area contributed by atoms with Gasteiger partial charge in [0.15, 0.2) is 0 Å². The summed E-state index contributed by atoms with van der Waals surface area (Å²) in [6.45, 7) is 9.44. The molecule has 0 aliphatic heterocycles. The summed E-state index contributed by atoms with van der Waals surface area (Å²) in [5.74, 6) is 0. The van der Waals surface area contributed by atoms with Crippen LogP contribution in [0, 0.1) is 5.41 Å². The van der Waals surface area contributed by atoms with E-state index >= 15 is 0 Å². The lowest BCUT2D eigenvalue weighted by molar-refractivity contribution is 0.209. The van der Waals surface area contributed by atoms with Gasteiger partial charge in [-0.2, -0.15) is 13.1 Å². The molecule has 0 bridgehead atoms. The van der Waals surface area contributed by atoms with Crippen molar-refractivity contribution in [1.29, 1.82) is 0 Å². The van der Waals surface area contributed by atoms with Gasteiger partial charge in [-0.1, -0.05) is 20.8 Å². The van der Waals surface area contributed by atoms with E-state index in [1.807, 2.05) is 20.8 Å². The van der Waals surface area contributed by atoms with Crippen LogP contribution in [0.25, 0.3) is 0 Å². The molecule has 0 saturated heterocycles. The van der Waals surface area contributed by atoms with Gasteiger partial charge in [-0.05, 0) is 19.3 Å². The first kappa shape index (κ1) is 12.2. The third kappa shape index (κ3) is 3.74. The highest BCUT2D eigenvalue weighted by Crippen LogP contribution is 2.30. The molecule has 0 aromatic carbocycles. The van der Waals surface area contributed by atoms with Gasteiger partial charge in [0.05, 0.1) is 0 Å². The fraction of sp³-hybridized carbons (Fsp3) is 1.00. The standard InChI is InChI=1S/C7H16ClNO2S/c1-6(2,3)7(4,5)9-12(8,10)11/h9H,1-5H3. The second kappa shape index (κ2) is 3.16. The summed E-state index contributed by atoms with van der Waals surface area (Å²) in [6.07, 6.45) is 0. The Kier molecular flexibility index (Phi) is 3.21. The van der Waals surface area contributed by atoms with Crippen molar-refractivity contribution in [3.63, 3.8) is 0 Å². The molecular formula is C7H16ClNO2S. The fourth-order valence-corrected chi connectivity index (χ4v) is 1.95. The molecule has 5 heteroatoms. The maximum atomic E-state index is 10.7. The highest BCUT2D eigenvalue weighted by Gasteiger charge is 2.35. The second-order valence-electron chi connectivity index (χ2n) is 4.41. The number of hydrogen-bond donors (Lipinski definition) is 1. The van der Waals surface area contributed by atoms with E-state index in [9.17, 15) is 8.42 Å². The Hall–Kier alpha value is 0.200. The highest BCUT2D eigenvalue weighted by molar-refractivity contribution is 8.12. The Bertz CT molecular complexity index is 251. The summed E-state index contributed by atoms with van der Waals surface area (Å²) >= 11 is 0. The lowest BCUT2D eigenvalue weighted by atomic mass is 9.77. The van der Waals surface area contributed by atoms with Crippen LogP contribution in [0.3, 0.4) is 0 Å². The zero-order valence-corrected chi connectivity index (χ0v) is 9.68. The molecule has 0 heterocycles. The van der Waals surface area contributed by atoms with E-state index in [2.05, 4.69) is 4.72 Å². The van der Waals surface area contributed by atoms with Crippen LogP contribution < -0.4 is 4.72 Å². The average Bonchev–Trinajstić information content (AvgIpc) is 1.52. The first-order valence-corrected chi connectivity index (χ1v) is 6.00. The van der Waals surface area contributed by atoms with Gasteiger partial charge in [0.25, 0.3) is 9.24 Å². The molecule has 0 aliphatic carbocycles. The molecule has 0 unspecified atom stereocenters. The van der Waals surface area contributed by atoms with Crippen molar-refractivity contribution in [2.24, 2.45) is 5.41 Å². The van der Waals surface area contributed by atoms with E-state index in [1.54, 1.807) is 13.8 Å². The van der Waals surface area contributed by atoms with Crippen LogP contribution in [0.5, 0.6) is 0 Å². The van der Waals surface area contributed by atoms with Gasteiger partial charge >= 0.3 is 0 Å². The van der Waals surface area contributed by atoms with Crippen molar-refractivity contribution < 1.29 is 8.42 Å². The highest BCUT2D eigenvalue weighted by atomic mass is 35.7. The molecule has 0 radical (unpaired) electrons. The molecule has 12 heavy (non-hydrogen) atoms. The molecule has 0 aromatic rings. The third-order valence-corrected chi connectivity index (χ3v) is 3.24. The molecule has 0 atom stereocenters. The maximum absolute atomic E-state index is 10.7. The molecule has 0 aromatic heterocycles. The summed E-state index contributed by atoms with van der Waals surface area (Å²) in [6, 6.07) is 0. The minimum Gasteiger partial charge on any atom is -0.196 e. The van der Waals surface area contributed by atoms with Crippen LogP contribution in [0.4, 0.5) is 0 Å². The van der Waals surface area contributed by atoms with Crippen molar-refractivity contribution in [2.75, 3.05) is 0 Å². The Balaban J connectivity index is 4.67. The summed E-state index contributed by atoms with van der Waals surface area (Å²) in [4.78, 5) is 0. The smallest absolute Gasteiger partial charge is 0.196 e. The summed E-state index contributed by atoms with van der Waals surface area (Å²) in [5, 5.41) is 0. The number of rotatable bonds is 2. The average molecular weight is 214 g/mol. The Labute approximate surface area is 79.0 Å². The molecule has 3 nitrogen and oxygen atoms in total. The van der Waals surface area contributed by atoms with E-state index in [1.165, 1.54) is 0 Å². The van der Waals surface area contributed by atoms with E-state index in [0.29, 0.717) is 0 Å². The van der Waals surface area contributed by atoms with Gasteiger partial charge < -0.3 is 0 Å². The van der Waals surface area contributed by atoms with Crippen molar-refractivity contribution in [2.45, 2.75) is 40.2 Å². The predicted octanol–water partition coefficient (Wildman–Crippen LogP) is 1.88. The van der Waals surface area contributed by atoms with E-state index < -0.39 is 14.8 Å². The topological polar surface area (TPSA) is 46.2 Å². The monoisotopic (exact) mass is 213 g/mol.